The van der Waals surface area contributed by atoms with Crippen molar-refractivity contribution in [1.82, 2.24) is 0 Å². The molecule has 4 radical (unpaired) electrons. The van der Waals surface area contributed by atoms with Crippen LogP contribution in [0.1, 0.15) is 51.6 Å². The molecule has 1 aromatic heterocycles. The summed E-state index contributed by atoms with van der Waals surface area (Å²) in [4.78, 5) is 0. The predicted molar refractivity (Wildman–Crippen MR) is 153 cm³/mol. The summed E-state index contributed by atoms with van der Waals surface area (Å²) in [5, 5.41) is 3.44. The van der Waals surface area contributed by atoms with Gasteiger partial charge in [-0.2, -0.15) is 0 Å². The van der Waals surface area contributed by atoms with Gasteiger partial charge in [-0.15, -0.1) is 7.87 Å². The minimum Gasteiger partial charge on any atom is -0.101 e. The number of hydrogen-bond donors (Lipinski definition) is 0. The van der Waals surface area contributed by atoms with Gasteiger partial charge >= 0.3 is 0 Å². The Kier molecular flexibility index (Phi) is 17.1. The van der Waals surface area contributed by atoms with Crippen molar-refractivity contribution in [2.45, 2.75) is 52.4 Å². The summed E-state index contributed by atoms with van der Waals surface area (Å²) < 4.78 is 0. The fourth-order valence-electron chi connectivity index (χ4n) is 2.09. The summed E-state index contributed by atoms with van der Waals surface area (Å²) in [6, 6.07) is 36.0. The van der Waals surface area contributed by atoms with Gasteiger partial charge in [-0.05, 0) is 18.7 Å². The Morgan fingerprint density at radius 3 is 0.844 bits per heavy atom. The van der Waals surface area contributed by atoms with Crippen LogP contribution in [0.5, 0.6) is 0 Å². The Bertz CT molecular complexity index is 711. The average Bonchev–Trinajstić information content (AvgIpc) is 3.31. The molecular formula is C28H37P3Sn. The van der Waals surface area contributed by atoms with Crippen LogP contribution in [0, 0.1) is 0 Å². The molecular weight excluding hydrogens is 548 g/mol. The zero-order chi connectivity index (χ0) is 23.0. The molecule has 0 aliphatic rings. The molecule has 0 fully saturated rings. The molecule has 3 aromatic carbocycles. The largest absolute Gasteiger partial charge is 0.101 e. The monoisotopic (exact) mass is 586 g/mol. The topological polar surface area (TPSA) is 0 Å². The number of hydrogen-bond acceptors (Lipinski definition) is 0. The van der Waals surface area contributed by atoms with E-state index in [9.17, 15) is 0 Å². The van der Waals surface area contributed by atoms with Crippen LogP contribution in [0.4, 0.5) is 0 Å². The van der Waals surface area contributed by atoms with Crippen molar-refractivity contribution in [2.24, 2.45) is 0 Å². The van der Waals surface area contributed by atoms with Gasteiger partial charge in [-0.3, -0.25) is 0 Å². The van der Waals surface area contributed by atoms with Crippen molar-refractivity contribution in [2.75, 3.05) is 0 Å². The Morgan fingerprint density at radius 1 is 0.469 bits per heavy atom. The van der Waals surface area contributed by atoms with Gasteiger partial charge in [-0.25, -0.2) is 0 Å². The first-order chi connectivity index (χ1) is 14.7. The number of benzene rings is 3. The zero-order valence-corrected chi connectivity index (χ0v) is 25.9. The van der Waals surface area contributed by atoms with Crippen LogP contribution < -0.4 is 0 Å². The van der Waals surface area contributed by atoms with E-state index in [-0.39, 0.29) is 23.9 Å². The second kappa shape index (κ2) is 17.6. The van der Waals surface area contributed by atoms with E-state index < -0.39 is 0 Å². The van der Waals surface area contributed by atoms with Gasteiger partial charge < -0.3 is 0 Å². The van der Waals surface area contributed by atoms with E-state index in [0.717, 1.165) is 7.87 Å². The Balaban J connectivity index is 0.000000427. The summed E-state index contributed by atoms with van der Waals surface area (Å²) in [5.74, 6) is 0. The molecule has 0 bridgehead atoms. The third-order valence-electron chi connectivity index (χ3n) is 3.87. The van der Waals surface area contributed by atoms with Crippen LogP contribution in [0.2, 0.25) is 0 Å². The molecule has 4 heteroatoms. The van der Waals surface area contributed by atoms with Gasteiger partial charge in [-0.1, -0.05) is 159 Å². The molecule has 0 amide bonds. The first-order valence-electron chi connectivity index (χ1n) is 10.6. The van der Waals surface area contributed by atoms with E-state index in [0.29, 0.717) is 10.8 Å². The quantitative estimate of drug-likeness (QED) is 0.180. The summed E-state index contributed by atoms with van der Waals surface area (Å²) in [6.07, 6.45) is 0. The minimum atomic E-state index is 0. The maximum Gasteiger partial charge on any atom is 0.0163 e. The zero-order valence-electron chi connectivity index (χ0n) is 20.3. The van der Waals surface area contributed by atoms with Crippen molar-refractivity contribution >= 4 is 47.8 Å². The Labute approximate surface area is 218 Å². The molecule has 0 saturated heterocycles. The Hall–Kier alpha value is -0.901. The molecule has 1 heterocycles. The first-order valence-corrected chi connectivity index (χ1v) is 14.3. The van der Waals surface area contributed by atoms with Gasteiger partial charge in [0, 0.05) is 34.0 Å². The third-order valence-corrected chi connectivity index (χ3v) is 11.6. The van der Waals surface area contributed by atoms with E-state index in [1.165, 1.54) is 0 Å². The molecule has 32 heavy (non-hydrogen) atoms. The van der Waals surface area contributed by atoms with E-state index in [1.54, 1.807) is 26.1 Å². The summed E-state index contributed by atoms with van der Waals surface area (Å²) in [5.41, 5.74) is 0.823. The fraction of sp³-hybridized carbons (Fsp3) is 0.286. The molecule has 4 aromatic rings. The fourth-order valence-corrected chi connectivity index (χ4v) is 9.62. The van der Waals surface area contributed by atoms with Gasteiger partial charge in [0.1, 0.15) is 0 Å². The molecule has 0 N–H and O–H groups in total. The van der Waals surface area contributed by atoms with Crippen molar-refractivity contribution in [3.8, 4) is 0 Å². The van der Waals surface area contributed by atoms with E-state index in [4.69, 9.17) is 0 Å². The van der Waals surface area contributed by atoms with Crippen LogP contribution in [0.3, 0.4) is 0 Å². The van der Waals surface area contributed by atoms with Crippen molar-refractivity contribution in [3.63, 3.8) is 0 Å². The van der Waals surface area contributed by atoms with Crippen molar-refractivity contribution in [1.29, 1.82) is 0 Å². The second-order valence-corrected chi connectivity index (χ2v) is 13.6. The minimum absolute atomic E-state index is 0. The first kappa shape index (κ1) is 31.1. The molecule has 0 spiro atoms. The summed E-state index contributed by atoms with van der Waals surface area (Å²) in [7, 11) is 4.18. The maximum atomic E-state index is 2.34. The normalized spacial score (nSPS) is 10.7. The third kappa shape index (κ3) is 15.8. The summed E-state index contributed by atoms with van der Waals surface area (Å²) in [6.45, 7) is 14.0. The van der Waals surface area contributed by atoms with Crippen molar-refractivity contribution < 1.29 is 0 Å². The summed E-state index contributed by atoms with van der Waals surface area (Å²) >= 11 is 0. The number of rotatable bonds is 0. The van der Waals surface area contributed by atoms with Crippen molar-refractivity contribution in [3.05, 3.63) is 119 Å². The van der Waals surface area contributed by atoms with Crippen LogP contribution in [-0.2, 0) is 10.8 Å². The molecule has 1 atom stereocenters. The molecule has 0 nitrogen and oxygen atoms in total. The maximum absolute atomic E-state index is 2.34. The van der Waals surface area contributed by atoms with Gasteiger partial charge in [0.15, 0.2) is 0 Å². The molecule has 0 aliphatic carbocycles. The molecule has 0 aliphatic heterocycles. The molecule has 168 valence electrons. The smallest absolute Gasteiger partial charge is 0.0163 e. The van der Waals surface area contributed by atoms with E-state index >= 15 is 0 Å². The van der Waals surface area contributed by atoms with Crippen LogP contribution in [0.15, 0.2) is 109 Å². The van der Waals surface area contributed by atoms with Crippen LogP contribution in [0.25, 0.3) is 0 Å². The van der Waals surface area contributed by atoms with E-state index in [2.05, 4.69) is 41.5 Å². The average molecular weight is 585 g/mol. The molecule has 1 unspecified atom stereocenters. The second-order valence-electron chi connectivity index (χ2n) is 8.97. The van der Waals surface area contributed by atoms with E-state index in [1.807, 2.05) is 109 Å². The van der Waals surface area contributed by atoms with Crippen LogP contribution >= 0.6 is 23.9 Å². The Morgan fingerprint density at radius 2 is 0.719 bits per heavy atom. The molecule has 4 rings (SSSR count). The van der Waals surface area contributed by atoms with Crippen LogP contribution in [-0.4, -0.2) is 23.9 Å². The predicted octanol–water partition coefficient (Wildman–Crippen LogP) is 10.2. The van der Waals surface area contributed by atoms with Gasteiger partial charge in [0.25, 0.3) is 0 Å². The SMILES string of the molecule is CC(C)(C)c1p[pH]c(C(C)(C)C)p1.[Sn].c1ccccc1.c1ccccc1.c1ccccc1. The molecule has 0 saturated carbocycles. The standard InChI is InChI=1S/C10H19P3.3C6H6.Sn/c1-9(2,3)7-11-8(13-12-7)10(4,5)6;3*1-2-4-6-5-3-1;/h12H,1-6H3;3*1-6H;. The van der Waals surface area contributed by atoms with Gasteiger partial charge in [0.2, 0.25) is 0 Å². The van der Waals surface area contributed by atoms with Gasteiger partial charge in [0.05, 0.1) is 0 Å².